The fourth-order valence-electron chi connectivity index (χ4n) is 1.71. The number of ether oxygens (including phenoxy) is 1. The minimum Gasteiger partial charge on any atom is -0.495 e. The molecule has 0 bridgehead atoms. The molecule has 0 aliphatic carbocycles. The Morgan fingerprint density at radius 3 is 2.74 bits per heavy atom. The molecule has 0 unspecified atom stereocenters. The predicted octanol–water partition coefficient (Wildman–Crippen LogP) is 1.70. The van der Waals surface area contributed by atoms with Gasteiger partial charge in [0.2, 0.25) is 0 Å². The molecule has 2 N–H and O–H groups in total. The first kappa shape index (κ1) is 15.4. The van der Waals surface area contributed by atoms with Crippen LogP contribution in [-0.2, 0) is 6.54 Å². The Labute approximate surface area is 112 Å². The van der Waals surface area contributed by atoms with Gasteiger partial charge in [-0.1, -0.05) is 17.9 Å². The molecule has 0 saturated carbocycles. The molecule has 0 saturated heterocycles. The molecule has 0 aromatic heterocycles. The van der Waals surface area contributed by atoms with Gasteiger partial charge in [0.1, 0.15) is 5.75 Å². The van der Waals surface area contributed by atoms with E-state index in [1.807, 2.05) is 12.1 Å². The van der Waals surface area contributed by atoms with E-state index in [9.17, 15) is 8.78 Å². The summed E-state index contributed by atoms with van der Waals surface area (Å²) in [5, 5.41) is 0. The van der Waals surface area contributed by atoms with Crippen LogP contribution in [0.15, 0.2) is 18.2 Å². The van der Waals surface area contributed by atoms with Crippen LogP contribution in [-0.4, -0.2) is 38.6 Å². The van der Waals surface area contributed by atoms with Crippen LogP contribution in [0.4, 0.5) is 8.78 Å². The van der Waals surface area contributed by atoms with Gasteiger partial charge in [0.05, 0.1) is 25.8 Å². The average Bonchev–Trinajstić information content (AvgIpc) is 2.35. The zero-order valence-electron chi connectivity index (χ0n) is 11.1. The van der Waals surface area contributed by atoms with Crippen LogP contribution in [0.25, 0.3) is 0 Å². The summed E-state index contributed by atoms with van der Waals surface area (Å²) in [6.45, 7) is 0.445. The van der Waals surface area contributed by atoms with Gasteiger partial charge in [-0.15, -0.1) is 0 Å². The third kappa shape index (κ3) is 5.25. The Bertz CT molecular complexity index is 466. The number of alkyl halides is 2. The van der Waals surface area contributed by atoms with Crippen LogP contribution in [0.3, 0.4) is 0 Å². The maximum absolute atomic E-state index is 12.3. The Morgan fingerprint density at radius 2 is 2.16 bits per heavy atom. The molecule has 0 spiro atoms. The molecule has 0 radical (unpaired) electrons. The molecule has 0 aliphatic rings. The summed E-state index contributed by atoms with van der Waals surface area (Å²) < 4.78 is 29.7. The van der Waals surface area contributed by atoms with Gasteiger partial charge in [-0.25, -0.2) is 8.78 Å². The van der Waals surface area contributed by atoms with E-state index in [2.05, 4.69) is 11.8 Å². The van der Waals surface area contributed by atoms with E-state index in [0.29, 0.717) is 12.3 Å². The molecule has 0 heterocycles. The molecule has 0 aliphatic heterocycles. The number of nitrogens with zero attached hydrogens (tertiary/aromatic N) is 1. The zero-order valence-corrected chi connectivity index (χ0v) is 11.1. The van der Waals surface area contributed by atoms with Gasteiger partial charge in [0.15, 0.2) is 0 Å². The highest BCUT2D eigenvalue weighted by Gasteiger charge is 2.09. The second kappa shape index (κ2) is 7.72. The van der Waals surface area contributed by atoms with Crippen LogP contribution >= 0.6 is 0 Å². The lowest BCUT2D eigenvalue weighted by Crippen LogP contribution is -2.24. The summed E-state index contributed by atoms with van der Waals surface area (Å²) in [6, 6.07) is 5.46. The molecular formula is C14H18F2N2O. The average molecular weight is 268 g/mol. The number of hydrogen-bond donors (Lipinski definition) is 1. The molecule has 1 aromatic carbocycles. The van der Waals surface area contributed by atoms with Gasteiger partial charge in [-0.2, -0.15) is 0 Å². The number of nitrogens with two attached hydrogens (primary N) is 1. The van der Waals surface area contributed by atoms with Crippen molar-refractivity contribution in [2.75, 3.05) is 27.2 Å². The van der Waals surface area contributed by atoms with Crippen molar-refractivity contribution in [3.05, 3.63) is 29.3 Å². The highest BCUT2D eigenvalue weighted by molar-refractivity contribution is 5.48. The summed E-state index contributed by atoms with van der Waals surface area (Å²) in [6.07, 6.45) is -2.33. The number of methoxy groups -OCH3 is 1. The molecule has 0 fully saturated rings. The smallest absolute Gasteiger partial charge is 0.251 e. The molecule has 104 valence electrons. The van der Waals surface area contributed by atoms with Crippen molar-refractivity contribution >= 4 is 0 Å². The minimum absolute atomic E-state index is 0.254. The predicted molar refractivity (Wildman–Crippen MR) is 71.3 cm³/mol. The highest BCUT2D eigenvalue weighted by atomic mass is 19.3. The van der Waals surface area contributed by atoms with E-state index in [-0.39, 0.29) is 13.1 Å². The van der Waals surface area contributed by atoms with E-state index in [1.165, 1.54) is 0 Å². The van der Waals surface area contributed by atoms with Crippen molar-refractivity contribution in [1.82, 2.24) is 4.90 Å². The van der Waals surface area contributed by atoms with Gasteiger partial charge >= 0.3 is 0 Å². The van der Waals surface area contributed by atoms with Crippen LogP contribution in [0.1, 0.15) is 11.1 Å². The quantitative estimate of drug-likeness (QED) is 0.826. The van der Waals surface area contributed by atoms with Crippen molar-refractivity contribution in [2.24, 2.45) is 5.73 Å². The fourth-order valence-corrected chi connectivity index (χ4v) is 1.71. The SMILES string of the molecule is COc1ccc(CN(C)CC(F)F)cc1C#CCN. The van der Waals surface area contributed by atoms with Crippen LogP contribution in [0.5, 0.6) is 5.75 Å². The van der Waals surface area contributed by atoms with Crippen molar-refractivity contribution < 1.29 is 13.5 Å². The Kier molecular flexibility index (Phi) is 6.26. The van der Waals surface area contributed by atoms with Crippen LogP contribution in [0.2, 0.25) is 0 Å². The van der Waals surface area contributed by atoms with Gasteiger partial charge in [0, 0.05) is 6.54 Å². The summed E-state index contributed by atoms with van der Waals surface area (Å²) in [5.74, 6) is 6.32. The Morgan fingerprint density at radius 1 is 1.42 bits per heavy atom. The monoisotopic (exact) mass is 268 g/mol. The Hall–Kier alpha value is -1.64. The maximum Gasteiger partial charge on any atom is 0.251 e. The lowest BCUT2D eigenvalue weighted by molar-refractivity contribution is 0.0975. The van der Waals surface area contributed by atoms with E-state index in [1.54, 1.807) is 25.1 Å². The third-order valence-corrected chi connectivity index (χ3v) is 2.49. The maximum atomic E-state index is 12.3. The third-order valence-electron chi connectivity index (χ3n) is 2.49. The summed E-state index contributed by atoms with van der Waals surface area (Å²) in [5.41, 5.74) is 6.96. The molecule has 19 heavy (non-hydrogen) atoms. The van der Waals surface area contributed by atoms with Gasteiger partial charge in [0.25, 0.3) is 6.43 Å². The molecule has 5 heteroatoms. The second-order valence-corrected chi connectivity index (χ2v) is 4.13. The van der Waals surface area contributed by atoms with E-state index in [0.717, 1.165) is 11.1 Å². The van der Waals surface area contributed by atoms with Gasteiger partial charge in [-0.05, 0) is 24.7 Å². The Balaban J connectivity index is 2.85. The summed E-state index contributed by atoms with van der Waals surface area (Å²) >= 11 is 0. The van der Waals surface area contributed by atoms with E-state index < -0.39 is 6.43 Å². The number of halogens is 2. The molecular weight excluding hydrogens is 250 g/mol. The first-order valence-electron chi connectivity index (χ1n) is 5.89. The van der Waals surface area contributed by atoms with Gasteiger partial charge < -0.3 is 10.5 Å². The van der Waals surface area contributed by atoms with Crippen LogP contribution < -0.4 is 10.5 Å². The molecule has 1 rings (SSSR count). The lowest BCUT2D eigenvalue weighted by atomic mass is 10.1. The largest absolute Gasteiger partial charge is 0.495 e. The summed E-state index contributed by atoms with van der Waals surface area (Å²) in [4.78, 5) is 1.56. The molecule has 0 amide bonds. The highest BCUT2D eigenvalue weighted by Crippen LogP contribution is 2.19. The minimum atomic E-state index is -2.33. The molecule has 0 atom stereocenters. The molecule has 1 aromatic rings. The number of rotatable bonds is 5. The lowest BCUT2D eigenvalue weighted by Gasteiger charge is -2.16. The zero-order chi connectivity index (χ0) is 14.3. The number of benzene rings is 1. The normalized spacial score (nSPS) is 10.5. The van der Waals surface area contributed by atoms with E-state index >= 15 is 0 Å². The van der Waals surface area contributed by atoms with Gasteiger partial charge in [-0.3, -0.25) is 4.90 Å². The first-order chi connectivity index (χ1) is 9.06. The standard InChI is InChI=1S/C14H18F2N2O/c1-18(10-14(15)16)9-11-5-6-13(19-2)12(8-11)4-3-7-17/h5-6,8,14H,7,9-10,17H2,1-2H3. The van der Waals surface area contributed by atoms with Crippen molar-refractivity contribution in [3.8, 4) is 17.6 Å². The van der Waals surface area contributed by atoms with Crippen molar-refractivity contribution in [3.63, 3.8) is 0 Å². The molecule has 3 nitrogen and oxygen atoms in total. The topological polar surface area (TPSA) is 38.5 Å². The van der Waals surface area contributed by atoms with E-state index in [4.69, 9.17) is 10.5 Å². The second-order valence-electron chi connectivity index (χ2n) is 4.13. The van der Waals surface area contributed by atoms with Crippen molar-refractivity contribution in [2.45, 2.75) is 13.0 Å². The number of hydrogen-bond acceptors (Lipinski definition) is 3. The van der Waals surface area contributed by atoms with Crippen molar-refractivity contribution in [1.29, 1.82) is 0 Å². The van der Waals surface area contributed by atoms with Crippen LogP contribution in [0, 0.1) is 11.8 Å². The first-order valence-corrected chi connectivity index (χ1v) is 5.89. The fraction of sp³-hybridized carbons (Fsp3) is 0.429. The summed E-state index contributed by atoms with van der Waals surface area (Å²) in [7, 11) is 3.22.